The summed E-state index contributed by atoms with van der Waals surface area (Å²) in [4.78, 5) is 14.3. The molecule has 3 aromatic rings. The summed E-state index contributed by atoms with van der Waals surface area (Å²) < 4.78 is 11.4. The molecule has 0 spiro atoms. The van der Waals surface area contributed by atoms with Crippen LogP contribution in [-0.4, -0.2) is 31.0 Å². The Morgan fingerprint density at radius 3 is 2.43 bits per heavy atom. The Morgan fingerprint density at radius 1 is 1.14 bits per heavy atom. The minimum absolute atomic E-state index is 0.00982. The molecular weight excluding hydrogens is 350 g/mol. The SMILES string of the molecule is CCN(CC)C(=O)/C=C(\C)c1cc2c(-c3ccc(C)cc3)coc2cc1OC. The van der Waals surface area contributed by atoms with Gasteiger partial charge in [0, 0.05) is 41.7 Å². The van der Waals surface area contributed by atoms with Crippen LogP contribution >= 0.6 is 0 Å². The maximum Gasteiger partial charge on any atom is 0.246 e. The lowest BCUT2D eigenvalue weighted by atomic mass is 9.98. The predicted molar refractivity (Wildman–Crippen MR) is 115 cm³/mol. The van der Waals surface area contributed by atoms with E-state index in [4.69, 9.17) is 9.15 Å². The third-order valence-corrected chi connectivity index (χ3v) is 5.10. The number of benzene rings is 2. The van der Waals surface area contributed by atoms with Gasteiger partial charge in [-0.3, -0.25) is 4.79 Å². The van der Waals surface area contributed by atoms with Crippen LogP contribution in [0.1, 0.15) is 31.9 Å². The van der Waals surface area contributed by atoms with Crippen LogP contribution in [0.5, 0.6) is 5.75 Å². The molecule has 0 aliphatic rings. The molecule has 1 amide bonds. The minimum Gasteiger partial charge on any atom is -0.496 e. The quantitative estimate of drug-likeness (QED) is 0.518. The van der Waals surface area contributed by atoms with Gasteiger partial charge in [0.15, 0.2) is 0 Å². The molecule has 3 rings (SSSR count). The van der Waals surface area contributed by atoms with Crippen LogP contribution in [0.2, 0.25) is 0 Å². The molecule has 146 valence electrons. The lowest BCUT2D eigenvalue weighted by molar-refractivity contribution is -0.125. The molecule has 0 aliphatic carbocycles. The molecule has 0 atom stereocenters. The topological polar surface area (TPSA) is 42.7 Å². The first-order valence-electron chi connectivity index (χ1n) is 9.62. The van der Waals surface area contributed by atoms with Crippen molar-refractivity contribution in [3.8, 4) is 16.9 Å². The van der Waals surface area contributed by atoms with Crippen LogP contribution in [0.15, 0.2) is 53.2 Å². The van der Waals surface area contributed by atoms with E-state index in [1.807, 2.05) is 32.9 Å². The lowest BCUT2D eigenvalue weighted by Gasteiger charge is -2.17. The Labute approximate surface area is 166 Å². The number of nitrogens with zero attached hydrogens (tertiary/aromatic N) is 1. The van der Waals surface area contributed by atoms with Gasteiger partial charge in [0.2, 0.25) is 5.91 Å². The van der Waals surface area contributed by atoms with Gasteiger partial charge in [-0.25, -0.2) is 0 Å². The Bertz CT molecular complexity index is 1010. The summed E-state index contributed by atoms with van der Waals surface area (Å²) in [6.45, 7) is 9.36. The number of likely N-dealkylation sites (N-methyl/N-ethyl adjacent to an activating group) is 1. The zero-order valence-electron chi connectivity index (χ0n) is 17.2. The van der Waals surface area contributed by atoms with E-state index in [1.54, 1.807) is 24.3 Å². The number of hydrogen-bond donors (Lipinski definition) is 0. The van der Waals surface area contributed by atoms with E-state index in [2.05, 4.69) is 31.2 Å². The monoisotopic (exact) mass is 377 g/mol. The van der Waals surface area contributed by atoms with Crippen molar-refractivity contribution >= 4 is 22.4 Å². The molecule has 0 saturated carbocycles. The molecule has 1 heterocycles. The van der Waals surface area contributed by atoms with Gasteiger partial charge < -0.3 is 14.1 Å². The third-order valence-electron chi connectivity index (χ3n) is 5.10. The normalized spacial score (nSPS) is 11.7. The van der Waals surface area contributed by atoms with Crippen molar-refractivity contribution in [1.29, 1.82) is 0 Å². The summed E-state index contributed by atoms with van der Waals surface area (Å²) in [7, 11) is 1.63. The van der Waals surface area contributed by atoms with Gasteiger partial charge in [-0.2, -0.15) is 0 Å². The maximum absolute atomic E-state index is 12.5. The second kappa shape index (κ2) is 8.34. The molecule has 0 bridgehead atoms. The third kappa shape index (κ3) is 3.81. The first kappa shape index (κ1) is 19.7. The number of furan rings is 1. The van der Waals surface area contributed by atoms with Crippen molar-refractivity contribution in [2.45, 2.75) is 27.7 Å². The number of hydrogen-bond acceptors (Lipinski definition) is 3. The molecule has 28 heavy (non-hydrogen) atoms. The van der Waals surface area contributed by atoms with E-state index < -0.39 is 0 Å². The predicted octanol–water partition coefficient (Wildman–Crippen LogP) is 5.69. The maximum atomic E-state index is 12.5. The number of carbonyl (C=O) groups excluding carboxylic acids is 1. The van der Waals surface area contributed by atoms with Gasteiger partial charge in [-0.1, -0.05) is 29.8 Å². The van der Waals surface area contributed by atoms with Gasteiger partial charge >= 0.3 is 0 Å². The van der Waals surface area contributed by atoms with Gasteiger partial charge in [0.25, 0.3) is 0 Å². The zero-order valence-corrected chi connectivity index (χ0v) is 17.2. The van der Waals surface area contributed by atoms with Crippen molar-refractivity contribution in [2.75, 3.05) is 20.2 Å². The summed E-state index contributed by atoms with van der Waals surface area (Å²) >= 11 is 0. The average Bonchev–Trinajstić information content (AvgIpc) is 3.11. The molecule has 0 N–H and O–H groups in total. The van der Waals surface area contributed by atoms with E-state index in [0.717, 1.165) is 33.2 Å². The fraction of sp³-hybridized carbons (Fsp3) is 0.292. The van der Waals surface area contributed by atoms with Crippen molar-refractivity contribution < 1.29 is 13.9 Å². The van der Waals surface area contributed by atoms with E-state index in [-0.39, 0.29) is 5.91 Å². The smallest absolute Gasteiger partial charge is 0.246 e. The Kier molecular flexibility index (Phi) is 5.88. The first-order valence-corrected chi connectivity index (χ1v) is 9.62. The number of fused-ring (bicyclic) bond motifs is 1. The van der Waals surface area contributed by atoms with Gasteiger partial charge in [0.1, 0.15) is 11.3 Å². The number of carbonyl (C=O) groups is 1. The Morgan fingerprint density at radius 2 is 1.82 bits per heavy atom. The van der Waals surface area contributed by atoms with Gasteiger partial charge in [-0.15, -0.1) is 0 Å². The summed E-state index contributed by atoms with van der Waals surface area (Å²) in [5.74, 6) is 0.703. The number of allylic oxidation sites excluding steroid dienone is 1. The minimum atomic E-state index is 0.00982. The summed E-state index contributed by atoms with van der Waals surface area (Å²) in [5, 5.41) is 1.00. The number of aryl methyl sites for hydroxylation is 1. The van der Waals surface area contributed by atoms with Crippen molar-refractivity contribution in [3.63, 3.8) is 0 Å². The van der Waals surface area contributed by atoms with Crippen molar-refractivity contribution in [2.24, 2.45) is 0 Å². The zero-order chi connectivity index (χ0) is 20.3. The van der Waals surface area contributed by atoms with Crippen LogP contribution in [0, 0.1) is 6.92 Å². The standard InChI is InChI=1S/C24H27NO3/c1-6-25(7-2)24(26)12-17(4)19-13-20-21(18-10-8-16(3)9-11-18)15-28-23(20)14-22(19)27-5/h8-15H,6-7H2,1-5H3/b17-12+. The largest absolute Gasteiger partial charge is 0.496 e. The molecule has 0 radical (unpaired) electrons. The van der Waals surface area contributed by atoms with E-state index in [9.17, 15) is 4.79 Å². The fourth-order valence-electron chi connectivity index (χ4n) is 3.38. The number of methoxy groups -OCH3 is 1. The fourth-order valence-corrected chi connectivity index (χ4v) is 3.38. The second-order valence-corrected chi connectivity index (χ2v) is 6.90. The summed E-state index contributed by atoms with van der Waals surface area (Å²) in [6, 6.07) is 12.3. The van der Waals surface area contributed by atoms with Gasteiger partial charge in [0.05, 0.1) is 13.4 Å². The van der Waals surface area contributed by atoms with E-state index in [1.165, 1.54) is 5.56 Å². The van der Waals surface area contributed by atoms with Crippen LogP contribution in [0.25, 0.3) is 27.7 Å². The van der Waals surface area contributed by atoms with Crippen LogP contribution in [0.4, 0.5) is 0 Å². The highest BCUT2D eigenvalue weighted by Crippen LogP contribution is 2.37. The lowest BCUT2D eigenvalue weighted by Crippen LogP contribution is -2.28. The highest BCUT2D eigenvalue weighted by Gasteiger charge is 2.15. The van der Waals surface area contributed by atoms with Crippen LogP contribution in [0.3, 0.4) is 0 Å². The molecule has 1 aromatic heterocycles. The molecule has 2 aromatic carbocycles. The Hall–Kier alpha value is -3.01. The molecule has 0 aliphatic heterocycles. The van der Waals surface area contributed by atoms with E-state index >= 15 is 0 Å². The molecule has 4 heteroatoms. The molecule has 0 fully saturated rings. The highest BCUT2D eigenvalue weighted by atomic mass is 16.5. The summed E-state index contributed by atoms with van der Waals surface area (Å²) in [6.07, 6.45) is 3.46. The van der Waals surface area contributed by atoms with Crippen molar-refractivity contribution in [1.82, 2.24) is 4.90 Å². The Balaban J connectivity index is 2.10. The van der Waals surface area contributed by atoms with E-state index in [0.29, 0.717) is 18.8 Å². The second-order valence-electron chi connectivity index (χ2n) is 6.90. The summed E-state index contributed by atoms with van der Waals surface area (Å²) in [5.41, 5.74) is 5.87. The van der Waals surface area contributed by atoms with Crippen LogP contribution in [-0.2, 0) is 4.79 Å². The highest BCUT2D eigenvalue weighted by molar-refractivity contribution is 6.00. The number of rotatable bonds is 6. The number of amides is 1. The molecule has 4 nitrogen and oxygen atoms in total. The first-order chi connectivity index (χ1) is 13.5. The molecule has 0 unspecified atom stereocenters. The number of ether oxygens (including phenoxy) is 1. The molecule has 0 saturated heterocycles. The van der Waals surface area contributed by atoms with Gasteiger partial charge in [-0.05, 0) is 44.9 Å². The van der Waals surface area contributed by atoms with Crippen molar-refractivity contribution in [3.05, 3.63) is 59.9 Å². The van der Waals surface area contributed by atoms with Crippen LogP contribution < -0.4 is 4.74 Å². The average molecular weight is 377 g/mol. The molecular formula is C24H27NO3.